The molecule has 1 N–H and O–H groups in total. The third-order valence-electron chi connectivity index (χ3n) is 4.01. The van der Waals surface area contributed by atoms with E-state index in [1.807, 2.05) is 0 Å². The van der Waals surface area contributed by atoms with E-state index in [9.17, 15) is 14.0 Å². The number of nitrogens with zero attached hydrogens (tertiary/aromatic N) is 2. The van der Waals surface area contributed by atoms with E-state index >= 15 is 0 Å². The highest BCUT2D eigenvalue weighted by Crippen LogP contribution is 2.37. The summed E-state index contributed by atoms with van der Waals surface area (Å²) in [4.78, 5) is 26.1. The van der Waals surface area contributed by atoms with E-state index < -0.39 is 12.0 Å². The Bertz CT molecular complexity index is 741. The summed E-state index contributed by atoms with van der Waals surface area (Å²) in [5, 5.41) is 6.38. The number of aryl methyl sites for hydroxylation is 1. The van der Waals surface area contributed by atoms with Crippen molar-refractivity contribution in [2.45, 2.75) is 19.4 Å². The van der Waals surface area contributed by atoms with Crippen LogP contribution in [0.25, 0.3) is 0 Å². The van der Waals surface area contributed by atoms with Gasteiger partial charge >= 0.3 is 0 Å². The summed E-state index contributed by atoms with van der Waals surface area (Å²) >= 11 is 0. The molecule has 2 amide bonds. The SMILES string of the molecule is Cc1cc(NC(=O)[C@H]2CC(=O)N(C)[C@@H]2c2ccc(F)cc2)no1. The summed E-state index contributed by atoms with van der Waals surface area (Å²) in [6.45, 7) is 1.72. The molecule has 2 aromatic rings. The summed E-state index contributed by atoms with van der Waals surface area (Å²) in [7, 11) is 1.64. The average Bonchev–Trinajstić information content (AvgIpc) is 3.05. The summed E-state index contributed by atoms with van der Waals surface area (Å²) in [5.41, 5.74) is 0.719. The topological polar surface area (TPSA) is 75.4 Å². The Balaban J connectivity index is 1.85. The molecule has 0 bridgehead atoms. The van der Waals surface area contributed by atoms with Crippen LogP contribution in [0.5, 0.6) is 0 Å². The third-order valence-corrected chi connectivity index (χ3v) is 4.01. The second-order valence-corrected chi connectivity index (χ2v) is 5.62. The van der Waals surface area contributed by atoms with E-state index in [2.05, 4.69) is 10.5 Å². The van der Waals surface area contributed by atoms with Gasteiger partial charge in [-0.3, -0.25) is 9.59 Å². The smallest absolute Gasteiger partial charge is 0.231 e. The fourth-order valence-corrected chi connectivity index (χ4v) is 2.86. The number of carbonyl (C=O) groups is 2. The minimum absolute atomic E-state index is 0.0984. The van der Waals surface area contributed by atoms with Gasteiger partial charge in [-0.1, -0.05) is 17.3 Å². The molecule has 3 rings (SSSR count). The van der Waals surface area contributed by atoms with Crippen molar-refractivity contribution in [2.75, 3.05) is 12.4 Å². The van der Waals surface area contributed by atoms with Crippen LogP contribution < -0.4 is 5.32 Å². The molecule has 1 aliphatic rings. The van der Waals surface area contributed by atoms with Crippen LogP contribution in [0.3, 0.4) is 0 Å². The van der Waals surface area contributed by atoms with Gasteiger partial charge < -0.3 is 14.7 Å². The van der Waals surface area contributed by atoms with E-state index in [1.165, 1.54) is 17.0 Å². The standard InChI is InChI=1S/C16H16FN3O3/c1-9-7-13(19-23-9)18-16(22)12-8-14(21)20(2)15(12)10-3-5-11(17)6-4-10/h3-7,12,15H,8H2,1-2H3,(H,18,19,22)/t12-,15+/m0/s1. The molecule has 0 radical (unpaired) electrons. The third kappa shape index (κ3) is 2.94. The van der Waals surface area contributed by atoms with Crippen LogP contribution in [0.4, 0.5) is 10.2 Å². The quantitative estimate of drug-likeness (QED) is 0.942. The van der Waals surface area contributed by atoms with Gasteiger partial charge in [0.15, 0.2) is 5.82 Å². The van der Waals surface area contributed by atoms with Crippen LogP contribution in [-0.4, -0.2) is 28.9 Å². The number of benzene rings is 1. The van der Waals surface area contributed by atoms with Crippen molar-refractivity contribution in [3.8, 4) is 0 Å². The van der Waals surface area contributed by atoms with Gasteiger partial charge in [0.05, 0.1) is 12.0 Å². The van der Waals surface area contributed by atoms with Gasteiger partial charge in [0, 0.05) is 19.5 Å². The number of rotatable bonds is 3. The van der Waals surface area contributed by atoms with E-state index in [-0.39, 0.29) is 24.1 Å². The molecule has 0 aliphatic carbocycles. The molecular formula is C16H16FN3O3. The molecule has 2 atom stereocenters. The van der Waals surface area contributed by atoms with Crippen LogP contribution in [0.15, 0.2) is 34.9 Å². The number of aromatic nitrogens is 1. The van der Waals surface area contributed by atoms with Crippen molar-refractivity contribution in [1.29, 1.82) is 0 Å². The first-order valence-corrected chi connectivity index (χ1v) is 7.21. The molecule has 23 heavy (non-hydrogen) atoms. The number of anilines is 1. The Morgan fingerprint density at radius 3 is 2.70 bits per heavy atom. The lowest BCUT2D eigenvalue weighted by molar-refractivity contribution is -0.127. The lowest BCUT2D eigenvalue weighted by Gasteiger charge is -2.24. The van der Waals surface area contributed by atoms with Gasteiger partial charge in [-0.05, 0) is 24.6 Å². The molecule has 0 saturated carbocycles. The van der Waals surface area contributed by atoms with Crippen molar-refractivity contribution in [1.82, 2.24) is 10.1 Å². The molecule has 1 fully saturated rings. The predicted molar refractivity (Wildman–Crippen MR) is 79.9 cm³/mol. The molecule has 1 aromatic carbocycles. The minimum atomic E-state index is -0.574. The Kier molecular flexibility index (Phi) is 3.85. The fourth-order valence-electron chi connectivity index (χ4n) is 2.86. The zero-order valence-electron chi connectivity index (χ0n) is 12.7. The van der Waals surface area contributed by atoms with Crippen molar-refractivity contribution in [2.24, 2.45) is 5.92 Å². The lowest BCUT2D eigenvalue weighted by Crippen LogP contribution is -2.30. The zero-order valence-corrected chi connectivity index (χ0v) is 12.7. The van der Waals surface area contributed by atoms with E-state index in [4.69, 9.17) is 4.52 Å². The van der Waals surface area contributed by atoms with E-state index in [0.29, 0.717) is 11.6 Å². The Morgan fingerprint density at radius 1 is 1.39 bits per heavy atom. The highest BCUT2D eigenvalue weighted by atomic mass is 19.1. The van der Waals surface area contributed by atoms with Crippen molar-refractivity contribution >= 4 is 17.6 Å². The molecule has 0 spiro atoms. The highest BCUT2D eigenvalue weighted by molar-refractivity contribution is 5.97. The van der Waals surface area contributed by atoms with Gasteiger partial charge in [-0.2, -0.15) is 0 Å². The molecule has 6 nitrogen and oxygen atoms in total. The largest absolute Gasteiger partial charge is 0.360 e. The summed E-state index contributed by atoms with van der Waals surface area (Å²) in [6.07, 6.45) is 0.0984. The summed E-state index contributed by atoms with van der Waals surface area (Å²) in [5.74, 6) is -0.488. The average molecular weight is 317 g/mol. The van der Waals surface area contributed by atoms with E-state index in [1.54, 1.807) is 32.2 Å². The number of halogens is 1. The second kappa shape index (κ2) is 5.83. The van der Waals surface area contributed by atoms with Crippen LogP contribution in [0, 0.1) is 18.7 Å². The fraction of sp³-hybridized carbons (Fsp3) is 0.312. The molecule has 2 heterocycles. The zero-order chi connectivity index (χ0) is 16.6. The molecule has 120 valence electrons. The lowest BCUT2D eigenvalue weighted by atomic mass is 9.93. The first-order valence-electron chi connectivity index (χ1n) is 7.21. The number of carbonyl (C=O) groups excluding carboxylic acids is 2. The summed E-state index contributed by atoms with van der Waals surface area (Å²) in [6, 6.07) is 7.00. The van der Waals surface area contributed by atoms with Crippen molar-refractivity contribution in [3.63, 3.8) is 0 Å². The second-order valence-electron chi connectivity index (χ2n) is 5.62. The van der Waals surface area contributed by atoms with Crippen LogP contribution >= 0.6 is 0 Å². The van der Waals surface area contributed by atoms with Crippen LogP contribution in [0.2, 0.25) is 0 Å². The van der Waals surface area contributed by atoms with Crippen LogP contribution in [0.1, 0.15) is 23.8 Å². The first-order chi connectivity index (χ1) is 11.0. The Labute approximate surface area is 132 Å². The normalized spacial score (nSPS) is 20.8. The number of nitrogens with one attached hydrogen (secondary N) is 1. The maximum atomic E-state index is 13.1. The molecular weight excluding hydrogens is 301 g/mol. The minimum Gasteiger partial charge on any atom is -0.360 e. The maximum absolute atomic E-state index is 13.1. The van der Waals surface area contributed by atoms with Gasteiger partial charge in [0.1, 0.15) is 11.6 Å². The molecule has 1 saturated heterocycles. The van der Waals surface area contributed by atoms with Gasteiger partial charge in [-0.25, -0.2) is 4.39 Å². The maximum Gasteiger partial charge on any atom is 0.231 e. The molecule has 1 aliphatic heterocycles. The van der Waals surface area contributed by atoms with E-state index in [0.717, 1.165) is 5.56 Å². The van der Waals surface area contributed by atoms with Crippen LogP contribution in [-0.2, 0) is 9.59 Å². The Morgan fingerprint density at radius 2 is 2.09 bits per heavy atom. The van der Waals surface area contributed by atoms with Crippen molar-refractivity contribution in [3.05, 3.63) is 47.5 Å². The highest BCUT2D eigenvalue weighted by Gasteiger charge is 2.42. The number of amides is 2. The van der Waals surface area contributed by atoms with Gasteiger partial charge in [-0.15, -0.1) is 0 Å². The van der Waals surface area contributed by atoms with Gasteiger partial charge in [0.2, 0.25) is 11.8 Å². The number of likely N-dealkylation sites (tertiary alicyclic amines) is 1. The molecule has 1 aromatic heterocycles. The molecule has 7 heteroatoms. The van der Waals surface area contributed by atoms with Gasteiger partial charge in [0.25, 0.3) is 0 Å². The number of hydrogen-bond donors (Lipinski definition) is 1. The first kappa shape index (κ1) is 15.2. The monoisotopic (exact) mass is 317 g/mol. The summed E-state index contributed by atoms with van der Waals surface area (Å²) < 4.78 is 18.0. The molecule has 0 unspecified atom stereocenters. The predicted octanol–water partition coefficient (Wildman–Crippen LogP) is 2.28. The van der Waals surface area contributed by atoms with Crippen molar-refractivity contribution < 1.29 is 18.5 Å². The Hall–Kier alpha value is -2.70. The number of hydrogen-bond acceptors (Lipinski definition) is 4.